The average molecular weight is 252 g/mol. The molecule has 0 radical (unpaired) electrons. The van der Waals surface area contributed by atoms with E-state index >= 15 is 0 Å². The summed E-state index contributed by atoms with van der Waals surface area (Å²) in [5.41, 5.74) is 0.281. The normalized spacial score (nSPS) is 25.9. The van der Waals surface area contributed by atoms with Gasteiger partial charge in [-0.1, -0.05) is 6.07 Å². The maximum Gasteiger partial charge on any atom is 0.0594 e. The molecule has 0 spiro atoms. The van der Waals surface area contributed by atoms with Crippen molar-refractivity contribution in [1.29, 1.82) is 0 Å². The molecule has 2 saturated heterocycles. The van der Waals surface area contributed by atoms with Gasteiger partial charge in [0.05, 0.1) is 18.8 Å². The number of nitrogens with zero attached hydrogens (tertiary/aromatic N) is 1. The van der Waals surface area contributed by atoms with Crippen LogP contribution in [0.4, 0.5) is 0 Å². The summed E-state index contributed by atoms with van der Waals surface area (Å²) in [4.78, 5) is 4.20. The summed E-state index contributed by atoms with van der Waals surface area (Å²) in [5, 5.41) is 5.70. The highest BCUT2D eigenvalue weighted by atomic mass is 32.1. The lowest BCUT2D eigenvalue weighted by Gasteiger charge is -2.47. The third kappa shape index (κ3) is 2.15. The molecule has 0 unspecified atom stereocenters. The molecule has 94 valence electrons. The van der Waals surface area contributed by atoms with Gasteiger partial charge >= 0.3 is 0 Å². The molecule has 17 heavy (non-hydrogen) atoms. The molecule has 0 saturated carbocycles. The van der Waals surface area contributed by atoms with Crippen LogP contribution in [0.5, 0.6) is 0 Å². The second-order valence-corrected chi connectivity index (χ2v) is 5.81. The topological polar surface area (TPSA) is 24.5 Å². The predicted octanol–water partition coefficient (Wildman–Crippen LogP) is 1.66. The van der Waals surface area contributed by atoms with Gasteiger partial charge in [0.15, 0.2) is 0 Å². The van der Waals surface area contributed by atoms with Gasteiger partial charge in [0, 0.05) is 18.0 Å². The van der Waals surface area contributed by atoms with Crippen LogP contribution in [0.1, 0.15) is 17.7 Å². The minimum Gasteiger partial charge on any atom is -0.379 e. The Kier molecular flexibility index (Phi) is 3.47. The average Bonchev–Trinajstić information content (AvgIpc) is 2.95. The smallest absolute Gasteiger partial charge is 0.0594 e. The zero-order valence-electron chi connectivity index (χ0n) is 10.2. The van der Waals surface area contributed by atoms with Crippen LogP contribution in [0.3, 0.4) is 0 Å². The SMILES string of the molecule is c1csc(C2(N3CCOCC3)CCNCC2)c1. The van der Waals surface area contributed by atoms with Crippen LogP contribution in [0.15, 0.2) is 17.5 Å². The number of hydrogen-bond donors (Lipinski definition) is 1. The van der Waals surface area contributed by atoms with Gasteiger partial charge in [-0.15, -0.1) is 11.3 Å². The Morgan fingerprint density at radius 2 is 2.00 bits per heavy atom. The number of thiophene rings is 1. The zero-order valence-corrected chi connectivity index (χ0v) is 11.0. The number of rotatable bonds is 2. The van der Waals surface area contributed by atoms with Gasteiger partial charge < -0.3 is 10.1 Å². The van der Waals surface area contributed by atoms with Crippen LogP contribution in [0.25, 0.3) is 0 Å². The van der Waals surface area contributed by atoms with Crippen molar-refractivity contribution in [1.82, 2.24) is 10.2 Å². The van der Waals surface area contributed by atoms with Gasteiger partial charge in [0.2, 0.25) is 0 Å². The standard InChI is InChI=1S/C13H20N2OS/c1-2-12(17-11-1)13(3-5-14-6-4-13)15-7-9-16-10-8-15/h1-2,11,14H,3-10H2. The highest BCUT2D eigenvalue weighted by molar-refractivity contribution is 7.10. The first-order chi connectivity index (χ1) is 8.42. The van der Waals surface area contributed by atoms with E-state index in [9.17, 15) is 0 Å². The van der Waals surface area contributed by atoms with E-state index in [-0.39, 0.29) is 5.54 Å². The lowest BCUT2D eigenvalue weighted by atomic mass is 9.84. The molecule has 1 aromatic rings. The molecule has 0 aromatic carbocycles. The van der Waals surface area contributed by atoms with Crippen LogP contribution in [-0.4, -0.2) is 44.3 Å². The third-order valence-corrected chi connectivity index (χ3v) is 5.09. The predicted molar refractivity (Wildman–Crippen MR) is 70.5 cm³/mol. The van der Waals surface area contributed by atoms with Gasteiger partial charge in [-0.25, -0.2) is 0 Å². The maximum atomic E-state index is 5.50. The molecule has 0 bridgehead atoms. The second-order valence-electron chi connectivity index (χ2n) is 4.86. The van der Waals surface area contributed by atoms with Gasteiger partial charge in [0.25, 0.3) is 0 Å². The largest absolute Gasteiger partial charge is 0.379 e. The molecule has 3 heterocycles. The molecule has 0 aliphatic carbocycles. The Morgan fingerprint density at radius 3 is 2.65 bits per heavy atom. The summed E-state index contributed by atoms with van der Waals surface area (Å²) in [6, 6.07) is 4.50. The fourth-order valence-electron chi connectivity index (χ4n) is 3.09. The van der Waals surface area contributed by atoms with Gasteiger partial charge in [-0.2, -0.15) is 0 Å². The molecule has 1 aromatic heterocycles. The van der Waals surface area contributed by atoms with E-state index in [0.29, 0.717) is 0 Å². The molecule has 0 atom stereocenters. The Bertz CT molecular complexity index is 340. The molecule has 0 amide bonds. The fourth-order valence-corrected chi connectivity index (χ4v) is 4.11. The summed E-state index contributed by atoms with van der Waals surface area (Å²) >= 11 is 1.91. The molecule has 3 nitrogen and oxygen atoms in total. The van der Waals surface area contributed by atoms with Crippen LogP contribution < -0.4 is 5.32 Å². The van der Waals surface area contributed by atoms with Crippen LogP contribution in [0, 0.1) is 0 Å². The zero-order chi connectivity index (χ0) is 11.6. The van der Waals surface area contributed by atoms with E-state index in [0.717, 1.165) is 39.4 Å². The Morgan fingerprint density at radius 1 is 1.24 bits per heavy atom. The first-order valence-corrected chi connectivity index (χ1v) is 7.37. The third-order valence-electron chi connectivity index (χ3n) is 4.03. The summed E-state index contributed by atoms with van der Waals surface area (Å²) < 4.78 is 5.50. The van der Waals surface area contributed by atoms with Crippen molar-refractivity contribution in [3.8, 4) is 0 Å². The van der Waals surface area contributed by atoms with Crippen molar-refractivity contribution in [2.24, 2.45) is 0 Å². The minimum atomic E-state index is 0.281. The Balaban J connectivity index is 1.89. The van der Waals surface area contributed by atoms with Crippen molar-refractivity contribution < 1.29 is 4.74 Å². The monoisotopic (exact) mass is 252 g/mol. The number of nitrogens with one attached hydrogen (secondary N) is 1. The van der Waals surface area contributed by atoms with Crippen molar-refractivity contribution in [3.05, 3.63) is 22.4 Å². The van der Waals surface area contributed by atoms with Crippen molar-refractivity contribution in [3.63, 3.8) is 0 Å². The summed E-state index contributed by atoms with van der Waals surface area (Å²) in [7, 11) is 0. The van der Waals surface area contributed by atoms with Crippen LogP contribution in [-0.2, 0) is 10.3 Å². The van der Waals surface area contributed by atoms with Crippen molar-refractivity contribution >= 4 is 11.3 Å². The Hall–Kier alpha value is -0.420. The van der Waals surface area contributed by atoms with Gasteiger partial charge in [-0.05, 0) is 37.4 Å². The summed E-state index contributed by atoms with van der Waals surface area (Å²) in [6.07, 6.45) is 2.46. The quantitative estimate of drug-likeness (QED) is 0.866. The molecule has 3 rings (SSSR count). The molecule has 1 N–H and O–H groups in total. The minimum absolute atomic E-state index is 0.281. The molecular weight excluding hydrogens is 232 g/mol. The number of ether oxygens (including phenoxy) is 1. The van der Waals surface area contributed by atoms with Gasteiger partial charge in [0.1, 0.15) is 0 Å². The van der Waals surface area contributed by atoms with E-state index in [1.807, 2.05) is 11.3 Å². The fraction of sp³-hybridized carbons (Fsp3) is 0.692. The maximum absolute atomic E-state index is 5.50. The molecule has 2 fully saturated rings. The molecule has 2 aliphatic rings. The van der Waals surface area contributed by atoms with E-state index in [1.165, 1.54) is 12.8 Å². The number of morpholine rings is 1. The highest BCUT2D eigenvalue weighted by Crippen LogP contribution is 2.39. The van der Waals surface area contributed by atoms with E-state index in [4.69, 9.17) is 4.74 Å². The number of hydrogen-bond acceptors (Lipinski definition) is 4. The van der Waals surface area contributed by atoms with Crippen molar-refractivity contribution in [2.75, 3.05) is 39.4 Å². The van der Waals surface area contributed by atoms with E-state index in [2.05, 4.69) is 27.7 Å². The van der Waals surface area contributed by atoms with Crippen LogP contribution >= 0.6 is 11.3 Å². The molecule has 4 heteroatoms. The molecule has 2 aliphatic heterocycles. The summed E-state index contributed by atoms with van der Waals surface area (Å²) in [6.45, 7) is 6.21. The summed E-state index contributed by atoms with van der Waals surface area (Å²) in [5.74, 6) is 0. The van der Waals surface area contributed by atoms with Gasteiger partial charge in [-0.3, -0.25) is 4.90 Å². The first-order valence-electron chi connectivity index (χ1n) is 6.49. The van der Waals surface area contributed by atoms with E-state index < -0.39 is 0 Å². The lowest BCUT2D eigenvalue weighted by Crippen LogP contribution is -2.55. The Labute approximate surface area is 107 Å². The lowest BCUT2D eigenvalue weighted by molar-refractivity contribution is -0.0360. The molecular formula is C13H20N2OS. The van der Waals surface area contributed by atoms with Crippen molar-refractivity contribution in [2.45, 2.75) is 18.4 Å². The van der Waals surface area contributed by atoms with E-state index in [1.54, 1.807) is 4.88 Å². The number of piperidine rings is 1. The second kappa shape index (κ2) is 5.06. The van der Waals surface area contributed by atoms with Crippen LogP contribution in [0.2, 0.25) is 0 Å². The highest BCUT2D eigenvalue weighted by Gasteiger charge is 2.40. The first kappa shape index (κ1) is 11.7.